The molecule has 3 aromatic rings. The van der Waals surface area contributed by atoms with Crippen LogP contribution in [0.5, 0.6) is 17.2 Å². The minimum absolute atomic E-state index is 0.0487. The van der Waals surface area contributed by atoms with Crippen LogP contribution in [0.25, 0.3) is 11.3 Å². The van der Waals surface area contributed by atoms with Crippen LogP contribution in [0.1, 0.15) is 41.5 Å². The number of rotatable bonds is 10. The second-order valence-electron chi connectivity index (χ2n) is 9.02. The van der Waals surface area contributed by atoms with Gasteiger partial charge in [0.05, 0.1) is 45.3 Å². The summed E-state index contributed by atoms with van der Waals surface area (Å²) >= 11 is 0. The first-order valence-corrected chi connectivity index (χ1v) is 12.9. The minimum Gasteiger partial charge on any atom is -0.497 e. The highest BCUT2D eigenvalue weighted by molar-refractivity contribution is 6.00. The highest BCUT2D eigenvalue weighted by Gasteiger charge is 2.42. The number of carbonyl (C=O) groups excluding carboxylic acids is 1. The zero-order valence-corrected chi connectivity index (χ0v) is 21.7. The summed E-state index contributed by atoms with van der Waals surface area (Å²) in [5.41, 5.74) is 4.05. The second kappa shape index (κ2) is 11.2. The van der Waals surface area contributed by atoms with Crippen molar-refractivity contribution in [2.45, 2.75) is 19.9 Å². The molecule has 5 rings (SSSR count). The Morgan fingerprint density at radius 2 is 1.73 bits per heavy atom. The molecule has 1 saturated heterocycles. The van der Waals surface area contributed by atoms with Crippen molar-refractivity contribution < 1.29 is 23.7 Å². The molecule has 1 N–H and O–H groups in total. The van der Waals surface area contributed by atoms with Crippen molar-refractivity contribution >= 4 is 5.91 Å². The van der Waals surface area contributed by atoms with Crippen LogP contribution in [0.2, 0.25) is 0 Å². The fraction of sp³-hybridized carbons (Fsp3) is 0.429. The number of nitrogens with zero attached hydrogens (tertiary/aromatic N) is 3. The molecule has 1 unspecified atom stereocenters. The fourth-order valence-electron chi connectivity index (χ4n) is 5.05. The summed E-state index contributed by atoms with van der Waals surface area (Å²) in [5, 5.41) is 7.62. The lowest BCUT2D eigenvalue weighted by Gasteiger charge is -2.31. The summed E-state index contributed by atoms with van der Waals surface area (Å²) in [6.07, 6.45) is 0. The Labute approximate surface area is 217 Å². The first-order chi connectivity index (χ1) is 18.1. The summed E-state index contributed by atoms with van der Waals surface area (Å²) in [6, 6.07) is 13.4. The Kier molecular flexibility index (Phi) is 7.62. The third-order valence-corrected chi connectivity index (χ3v) is 6.87. The van der Waals surface area contributed by atoms with Crippen LogP contribution in [0.3, 0.4) is 0 Å². The van der Waals surface area contributed by atoms with Gasteiger partial charge in [0.15, 0.2) is 11.5 Å². The number of amides is 1. The van der Waals surface area contributed by atoms with Gasteiger partial charge in [0, 0.05) is 37.3 Å². The fourth-order valence-corrected chi connectivity index (χ4v) is 5.05. The SMILES string of the molecule is CCOc1ccc(C2c3c(-c4ccc(OC)cc4)n[nH]c3C(=O)N2CCN2CCOCC2)cc1OCC. The molecule has 9 heteroatoms. The van der Waals surface area contributed by atoms with Crippen molar-refractivity contribution in [3.05, 3.63) is 59.3 Å². The van der Waals surface area contributed by atoms with Gasteiger partial charge < -0.3 is 23.8 Å². The number of carbonyl (C=O) groups is 1. The summed E-state index contributed by atoms with van der Waals surface area (Å²) in [5.74, 6) is 2.08. The maximum absolute atomic E-state index is 13.7. The molecule has 9 nitrogen and oxygen atoms in total. The number of ether oxygens (including phenoxy) is 4. The van der Waals surface area contributed by atoms with Gasteiger partial charge in [-0.3, -0.25) is 14.8 Å². The van der Waals surface area contributed by atoms with E-state index in [1.165, 1.54) is 0 Å². The van der Waals surface area contributed by atoms with Crippen LogP contribution in [0, 0.1) is 0 Å². The number of fused-ring (bicyclic) bond motifs is 1. The number of aromatic amines is 1. The quantitative estimate of drug-likeness (QED) is 0.448. The summed E-state index contributed by atoms with van der Waals surface area (Å²) in [6.45, 7) is 9.50. The minimum atomic E-state index is -0.311. The van der Waals surface area contributed by atoms with Crippen molar-refractivity contribution in [2.75, 3.05) is 59.7 Å². The van der Waals surface area contributed by atoms with Gasteiger partial charge in [0.25, 0.3) is 5.91 Å². The van der Waals surface area contributed by atoms with Crippen molar-refractivity contribution in [1.82, 2.24) is 20.0 Å². The van der Waals surface area contributed by atoms with E-state index in [0.29, 0.717) is 37.0 Å². The lowest BCUT2D eigenvalue weighted by Crippen LogP contribution is -2.42. The van der Waals surface area contributed by atoms with Crippen molar-refractivity contribution in [1.29, 1.82) is 0 Å². The van der Waals surface area contributed by atoms with Gasteiger partial charge in [-0.05, 0) is 55.8 Å². The lowest BCUT2D eigenvalue weighted by atomic mass is 9.95. The number of nitrogens with one attached hydrogen (secondary N) is 1. The first kappa shape index (κ1) is 25.1. The van der Waals surface area contributed by atoms with Crippen LogP contribution in [0.4, 0.5) is 0 Å². The van der Waals surface area contributed by atoms with Crippen LogP contribution in [0.15, 0.2) is 42.5 Å². The van der Waals surface area contributed by atoms with Crippen molar-refractivity contribution in [3.8, 4) is 28.5 Å². The van der Waals surface area contributed by atoms with Gasteiger partial charge >= 0.3 is 0 Å². The normalized spacial score (nSPS) is 17.6. The van der Waals surface area contributed by atoms with Crippen LogP contribution in [-0.2, 0) is 4.74 Å². The van der Waals surface area contributed by atoms with E-state index in [0.717, 1.165) is 61.0 Å². The molecule has 2 aliphatic heterocycles. The predicted molar refractivity (Wildman–Crippen MR) is 139 cm³/mol. The molecule has 0 saturated carbocycles. The smallest absolute Gasteiger partial charge is 0.273 e. The summed E-state index contributed by atoms with van der Waals surface area (Å²) < 4.78 is 22.6. The average molecular weight is 507 g/mol. The number of hydrogen-bond acceptors (Lipinski definition) is 7. The number of methoxy groups -OCH3 is 1. The molecule has 0 spiro atoms. The lowest BCUT2D eigenvalue weighted by molar-refractivity contribution is 0.0316. The molecule has 0 aliphatic carbocycles. The summed E-state index contributed by atoms with van der Waals surface area (Å²) in [7, 11) is 1.64. The monoisotopic (exact) mass is 506 g/mol. The third kappa shape index (κ3) is 5.01. The molecular formula is C28H34N4O5. The zero-order chi connectivity index (χ0) is 25.8. The Balaban J connectivity index is 1.55. The molecule has 2 aromatic carbocycles. The van der Waals surface area contributed by atoms with Gasteiger partial charge in [0.2, 0.25) is 0 Å². The molecule has 1 amide bonds. The predicted octanol–water partition coefficient (Wildman–Crippen LogP) is 3.76. The highest BCUT2D eigenvalue weighted by atomic mass is 16.5. The van der Waals surface area contributed by atoms with Gasteiger partial charge in [-0.15, -0.1) is 0 Å². The second-order valence-corrected chi connectivity index (χ2v) is 9.02. The van der Waals surface area contributed by atoms with Gasteiger partial charge in [-0.1, -0.05) is 6.07 Å². The molecule has 0 radical (unpaired) electrons. The third-order valence-electron chi connectivity index (χ3n) is 6.87. The number of morpholine rings is 1. The van der Waals surface area contributed by atoms with E-state index < -0.39 is 0 Å². The molecule has 2 aliphatic rings. The van der Waals surface area contributed by atoms with E-state index in [1.807, 2.05) is 61.2 Å². The zero-order valence-electron chi connectivity index (χ0n) is 21.7. The maximum Gasteiger partial charge on any atom is 0.273 e. The van der Waals surface area contributed by atoms with E-state index in [4.69, 9.17) is 18.9 Å². The number of aromatic nitrogens is 2. The Morgan fingerprint density at radius 1 is 1.00 bits per heavy atom. The molecule has 1 fully saturated rings. The standard InChI is InChI=1S/C28H34N4O5/c1-4-36-22-11-8-20(18-23(22)37-5-2)27-24-25(19-6-9-21(34-3)10-7-19)29-30-26(24)28(33)32(27)13-12-31-14-16-35-17-15-31/h6-11,18,27H,4-5,12-17H2,1-3H3,(H,29,30). The number of H-pyrrole nitrogens is 1. The van der Waals surface area contributed by atoms with Gasteiger partial charge in [-0.25, -0.2) is 0 Å². The average Bonchev–Trinajstić information content (AvgIpc) is 3.48. The van der Waals surface area contributed by atoms with E-state index in [1.54, 1.807) is 7.11 Å². The Hall–Kier alpha value is -3.56. The van der Waals surface area contributed by atoms with Crippen LogP contribution >= 0.6 is 0 Å². The summed E-state index contributed by atoms with van der Waals surface area (Å²) in [4.78, 5) is 18.0. The largest absolute Gasteiger partial charge is 0.497 e. The molecule has 196 valence electrons. The van der Waals surface area contributed by atoms with E-state index in [-0.39, 0.29) is 11.9 Å². The van der Waals surface area contributed by atoms with Crippen molar-refractivity contribution in [2.24, 2.45) is 0 Å². The van der Waals surface area contributed by atoms with Crippen molar-refractivity contribution in [3.63, 3.8) is 0 Å². The number of hydrogen-bond donors (Lipinski definition) is 1. The molecule has 1 aromatic heterocycles. The molecule has 1 atom stereocenters. The van der Waals surface area contributed by atoms with Gasteiger partial charge in [0.1, 0.15) is 11.4 Å². The van der Waals surface area contributed by atoms with E-state index in [2.05, 4.69) is 15.1 Å². The first-order valence-electron chi connectivity index (χ1n) is 12.9. The molecule has 37 heavy (non-hydrogen) atoms. The van der Waals surface area contributed by atoms with Crippen LogP contribution in [-0.4, -0.2) is 85.6 Å². The molecule has 3 heterocycles. The van der Waals surface area contributed by atoms with E-state index in [9.17, 15) is 4.79 Å². The Bertz CT molecular complexity index is 1220. The Morgan fingerprint density at radius 3 is 2.43 bits per heavy atom. The van der Waals surface area contributed by atoms with Crippen LogP contribution < -0.4 is 14.2 Å². The van der Waals surface area contributed by atoms with E-state index >= 15 is 0 Å². The number of benzene rings is 2. The van der Waals surface area contributed by atoms with Gasteiger partial charge in [-0.2, -0.15) is 5.10 Å². The highest BCUT2D eigenvalue weighted by Crippen LogP contribution is 2.44. The molecular weight excluding hydrogens is 472 g/mol. The molecule has 0 bridgehead atoms. The maximum atomic E-state index is 13.7. The topological polar surface area (TPSA) is 89.2 Å².